The molecule has 1 unspecified atom stereocenters. The normalized spacial score (nSPS) is 11.9. The van der Waals surface area contributed by atoms with Crippen molar-refractivity contribution in [2.24, 2.45) is 5.92 Å². The number of Topliss-reactive ketones (excluding diaryl/α,β-unsaturated/α-hetero) is 1. The van der Waals surface area contributed by atoms with Crippen molar-refractivity contribution in [1.82, 2.24) is 0 Å². The molecule has 96 valence electrons. The molecule has 18 heavy (non-hydrogen) atoms. The first-order valence-corrected chi connectivity index (χ1v) is 6.25. The molecule has 0 saturated heterocycles. The average molecular weight is 245 g/mol. The molecule has 0 heterocycles. The number of hydrogen-bond acceptors (Lipinski definition) is 3. The molecule has 0 aliphatic heterocycles. The molecule has 0 fully saturated rings. The summed E-state index contributed by atoms with van der Waals surface area (Å²) in [7, 11) is 1.55. The average Bonchev–Trinajstić information content (AvgIpc) is 2.41. The summed E-state index contributed by atoms with van der Waals surface area (Å²) in [5, 5.41) is 9.28. The van der Waals surface area contributed by atoms with E-state index in [-0.39, 0.29) is 11.7 Å². The summed E-state index contributed by atoms with van der Waals surface area (Å²) in [5.41, 5.74) is 0.666. The molecule has 0 spiro atoms. The van der Waals surface area contributed by atoms with Gasteiger partial charge >= 0.3 is 0 Å². The molecule has 0 radical (unpaired) electrons. The first-order valence-electron chi connectivity index (χ1n) is 6.25. The van der Waals surface area contributed by atoms with Crippen LogP contribution in [0.4, 0.5) is 0 Å². The summed E-state index contributed by atoms with van der Waals surface area (Å²) in [4.78, 5) is 12.3. The number of rotatable bonds is 6. The summed E-state index contributed by atoms with van der Waals surface area (Å²) in [6.07, 6.45) is 1.53. The minimum absolute atomic E-state index is 0.00741. The van der Waals surface area contributed by atoms with Crippen LogP contribution in [0.3, 0.4) is 0 Å². The Morgan fingerprint density at radius 1 is 1.33 bits per heavy atom. The maximum Gasteiger partial charge on any atom is 0.157 e. The van der Waals surface area contributed by atoms with Gasteiger partial charge in [-0.05, 0) is 18.9 Å². The Balaban J connectivity index is 3.10. The van der Waals surface area contributed by atoms with Crippen molar-refractivity contribution in [1.29, 1.82) is 5.26 Å². The van der Waals surface area contributed by atoms with Gasteiger partial charge in [0.2, 0.25) is 0 Å². The zero-order chi connectivity index (χ0) is 13.5. The number of hydrogen-bond donors (Lipinski definition) is 0. The van der Waals surface area contributed by atoms with Crippen molar-refractivity contribution in [3.8, 4) is 11.8 Å². The summed E-state index contributed by atoms with van der Waals surface area (Å²) in [6, 6.07) is 9.33. The van der Waals surface area contributed by atoms with Gasteiger partial charge in [-0.3, -0.25) is 4.79 Å². The fourth-order valence-corrected chi connectivity index (χ4v) is 2.12. The first-order chi connectivity index (χ1) is 8.69. The van der Waals surface area contributed by atoms with Crippen molar-refractivity contribution >= 4 is 5.78 Å². The fourth-order valence-electron chi connectivity index (χ4n) is 2.12. The van der Waals surface area contributed by atoms with E-state index in [0.717, 1.165) is 12.8 Å². The predicted molar refractivity (Wildman–Crippen MR) is 70.4 cm³/mol. The number of carbonyl (C=O) groups excluding carboxylic acids is 1. The SMILES string of the molecule is CCC(CC)C(=O)C(C#N)c1ccccc1OC. The molecular weight excluding hydrogens is 226 g/mol. The molecule has 3 heteroatoms. The summed E-state index contributed by atoms with van der Waals surface area (Å²) in [6.45, 7) is 3.95. The number of nitrogens with zero attached hydrogens (tertiary/aromatic N) is 1. The van der Waals surface area contributed by atoms with Crippen LogP contribution in [0.2, 0.25) is 0 Å². The number of carbonyl (C=O) groups is 1. The predicted octanol–water partition coefficient (Wildman–Crippen LogP) is 3.31. The lowest BCUT2D eigenvalue weighted by atomic mass is 9.85. The topological polar surface area (TPSA) is 50.1 Å². The standard InChI is InChI=1S/C15H19NO2/c1-4-11(5-2)15(17)13(10-16)12-8-6-7-9-14(12)18-3/h6-9,11,13H,4-5H2,1-3H3. The van der Waals surface area contributed by atoms with E-state index in [4.69, 9.17) is 4.74 Å². The lowest BCUT2D eigenvalue weighted by molar-refractivity contribution is -0.123. The molecular formula is C15H19NO2. The number of nitriles is 1. The van der Waals surface area contributed by atoms with Crippen LogP contribution in [0.5, 0.6) is 5.75 Å². The molecule has 0 saturated carbocycles. The maximum atomic E-state index is 12.3. The van der Waals surface area contributed by atoms with Crippen molar-refractivity contribution < 1.29 is 9.53 Å². The molecule has 0 bridgehead atoms. The van der Waals surface area contributed by atoms with Crippen LogP contribution in [0.1, 0.15) is 38.2 Å². The van der Waals surface area contributed by atoms with E-state index >= 15 is 0 Å². The highest BCUT2D eigenvalue weighted by molar-refractivity contribution is 5.91. The number of benzene rings is 1. The van der Waals surface area contributed by atoms with Gasteiger partial charge in [0.1, 0.15) is 11.7 Å². The molecule has 0 aliphatic rings. The highest BCUT2D eigenvalue weighted by Crippen LogP contribution is 2.30. The van der Waals surface area contributed by atoms with E-state index in [9.17, 15) is 10.1 Å². The van der Waals surface area contributed by atoms with Crippen molar-refractivity contribution in [2.45, 2.75) is 32.6 Å². The zero-order valence-electron chi connectivity index (χ0n) is 11.1. The highest BCUT2D eigenvalue weighted by Gasteiger charge is 2.28. The lowest BCUT2D eigenvalue weighted by Gasteiger charge is -2.17. The van der Waals surface area contributed by atoms with E-state index in [0.29, 0.717) is 11.3 Å². The monoisotopic (exact) mass is 245 g/mol. The number of ketones is 1. The van der Waals surface area contributed by atoms with Crippen LogP contribution in [0, 0.1) is 17.2 Å². The Hall–Kier alpha value is -1.82. The van der Waals surface area contributed by atoms with Gasteiger partial charge in [-0.25, -0.2) is 0 Å². The minimum Gasteiger partial charge on any atom is -0.496 e. The van der Waals surface area contributed by atoms with Crippen LogP contribution >= 0.6 is 0 Å². The molecule has 0 N–H and O–H groups in total. The highest BCUT2D eigenvalue weighted by atomic mass is 16.5. The quantitative estimate of drug-likeness (QED) is 0.772. The second-order valence-corrected chi connectivity index (χ2v) is 4.22. The van der Waals surface area contributed by atoms with Gasteiger partial charge in [0.25, 0.3) is 0 Å². The van der Waals surface area contributed by atoms with E-state index in [1.807, 2.05) is 26.0 Å². The Morgan fingerprint density at radius 2 is 1.94 bits per heavy atom. The Kier molecular flexibility index (Phi) is 5.38. The van der Waals surface area contributed by atoms with Gasteiger partial charge in [0.05, 0.1) is 13.2 Å². The van der Waals surface area contributed by atoms with Gasteiger partial charge in [0, 0.05) is 11.5 Å². The molecule has 3 nitrogen and oxygen atoms in total. The van der Waals surface area contributed by atoms with Crippen molar-refractivity contribution in [3.63, 3.8) is 0 Å². The third kappa shape index (κ3) is 2.89. The zero-order valence-corrected chi connectivity index (χ0v) is 11.1. The minimum atomic E-state index is -0.731. The van der Waals surface area contributed by atoms with Gasteiger partial charge < -0.3 is 4.74 Å². The molecule has 1 aromatic carbocycles. The molecule has 0 aromatic heterocycles. The van der Waals surface area contributed by atoms with E-state index in [1.165, 1.54) is 0 Å². The second-order valence-electron chi connectivity index (χ2n) is 4.22. The summed E-state index contributed by atoms with van der Waals surface area (Å²) >= 11 is 0. The van der Waals surface area contributed by atoms with E-state index in [2.05, 4.69) is 6.07 Å². The van der Waals surface area contributed by atoms with Crippen LogP contribution in [0.25, 0.3) is 0 Å². The molecule has 1 atom stereocenters. The van der Waals surface area contributed by atoms with Crippen LogP contribution in [-0.4, -0.2) is 12.9 Å². The molecule has 1 rings (SSSR count). The third-order valence-electron chi connectivity index (χ3n) is 3.25. The number of para-hydroxylation sites is 1. The van der Waals surface area contributed by atoms with Gasteiger partial charge in [0.15, 0.2) is 5.78 Å². The Bertz CT molecular complexity index is 444. The third-order valence-corrected chi connectivity index (χ3v) is 3.25. The van der Waals surface area contributed by atoms with Gasteiger partial charge in [-0.15, -0.1) is 0 Å². The number of methoxy groups -OCH3 is 1. The second kappa shape index (κ2) is 6.80. The van der Waals surface area contributed by atoms with E-state index in [1.54, 1.807) is 19.2 Å². The Labute approximate surface area is 108 Å². The van der Waals surface area contributed by atoms with Crippen molar-refractivity contribution in [3.05, 3.63) is 29.8 Å². The number of ether oxygens (including phenoxy) is 1. The first kappa shape index (κ1) is 14.2. The molecule has 0 amide bonds. The maximum absolute atomic E-state index is 12.3. The van der Waals surface area contributed by atoms with Crippen LogP contribution < -0.4 is 4.74 Å². The summed E-state index contributed by atoms with van der Waals surface area (Å²) in [5.74, 6) is -0.194. The fraction of sp³-hybridized carbons (Fsp3) is 0.467. The molecule has 1 aromatic rings. The van der Waals surface area contributed by atoms with Crippen LogP contribution in [-0.2, 0) is 4.79 Å². The summed E-state index contributed by atoms with van der Waals surface area (Å²) < 4.78 is 5.22. The van der Waals surface area contributed by atoms with Gasteiger partial charge in [-0.1, -0.05) is 32.0 Å². The lowest BCUT2D eigenvalue weighted by Crippen LogP contribution is -2.20. The van der Waals surface area contributed by atoms with Gasteiger partial charge in [-0.2, -0.15) is 5.26 Å². The Morgan fingerprint density at radius 3 is 2.44 bits per heavy atom. The van der Waals surface area contributed by atoms with Crippen LogP contribution in [0.15, 0.2) is 24.3 Å². The largest absolute Gasteiger partial charge is 0.496 e. The van der Waals surface area contributed by atoms with E-state index < -0.39 is 5.92 Å². The molecule has 0 aliphatic carbocycles. The smallest absolute Gasteiger partial charge is 0.157 e. The van der Waals surface area contributed by atoms with Crippen molar-refractivity contribution in [2.75, 3.05) is 7.11 Å².